The molecule has 6 heteroatoms. The number of benzene rings is 1. The van der Waals surface area contributed by atoms with Crippen LogP contribution in [0, 0.1) is 5.41 Å². The van der Waals surface area contributed by atoms with Crippen LogP contribution < -0.4 is 0 Å². The molecule has 0 fully saturated rings. The Kier molecular flexibility index (Phi) is 6.56. The lowest BCUT2D eigenvalue weighted by atomic mass is 9.91. The van der Waals surface area contributed by atoms with Gasteiger partial charge in [-0.25, -0.2) is 0 Å². The second-order valence-corrected chi connectivity index (χ2v) is 7.37. The molecule has 0 aliphatic carbocycles. The molecule has 1 N–H and O–H groups in total. The summed E-state index contributed by atoms with van der Waals surface area (Å²) in [6, 6.07) is 6.12. The van der Waals surface area contributed by atoms with Crippen molar-refractivity contribution < 1.29 is 22.5 Å². The number of esters is 1. The summed E-state index contributed by atoms with van der Waals surface area (Å²) in [7, 11) is -4.13. The molecule has 124 valence electrons. The molecule has 0 aromatic heterocycles. The van der Waals surface area contributed by atoms with E-state index in [9.17, 15) is 13.2 Å². The Labute approximate surface area is 132 Å². The monoisotopic (exact) mass is 328 g/mol. The van der Waals surface area contributed by atoms with E-state index >= 15 is 0 Å². The summed E-state index contributed by atoms with van der Waals surface area (Å²) < 4.78 is 36.0. The Morgan fingerprint density at radius 3 is 2.27 bits per heavy atom. The number of unbranched alkanes of at least 4 members (excludes halogenated alkanes) is 1. The van der Waals surface area contributed by atoms with Crippen LogP contribution in [0.3, 0.4) is 0 Å². The number of hydrogen-bond donors (Lipinski definition) is 1. The molecule has 0 radical (unpaired) electrons. The first-order chi connectivity index (χ1) is 10.2. The molecule has 0 saturated heterocycles. The molecule has 1 aromatic rings. The molecule has 0 saturated carbocycles. The normalized spacial score (nSPS) is 12.2. The van der Waals surface area contributed by atoms with Gasteiger partial charge in [-0.3, -0.25) is 9.35 Å². The Hall–Kier alpha value is -1.40. The summed E-state index contributed by atoms with van der Waals surface area (Å²) in [5.41, 5.74) is 0.540. The van der Waals surface area contributed by atoms with Crippen LogP contribution in [0.1, 0.15) is 45.6 Å². The van der Waals surface area contributed by atoms with E-state index in [2.05, 4.69) is 0 Å². The van der Waals surface area contributed by atoms with E-state index in [1.807, 2.05) is 20.8 Å². The molecule has 0 atom stereocenters. The lowest BCUT2D eigenvalue weighted by molar-refractivity contribution is -0.154. The molecule has 0 aliphatic heterocycles. The molecular formula is C16H24O5S. The van der Waals surface area contributed by atoms with E-state index < -0.39 is 15.5 Å². The maximum absolute atomic E-state index is 11.8. The van der Waals surface area contributed by atoms with Gasteiger partial charge in [-0.1, -0.05) is 19.1 Å². The van der Waals surface area contributed by atoms with E-state index in [1.54, 1.807) is 12.1 Å². The van der Waals surface area contributed by atoms with Gasteiger partial charge in [-0.15, -0.1) is 0 Å². The molecule has 0 spiro atoms. The van der Waals surface area contributed by atoms with Gasteiger partial charge in [-0.05, 0) is 57.2 Å². The molecule has 0 bridgehead atoms. The van der Waals surface area contributed by atoms with Crippen LogP contribution in [0.25, 0.3) is 0 Å². The maximum atomic E-state index is 11.8. The second kappa shape index (κ2) is 7.74. The lowest BCUT2D eigenvalue weighted by Gasteiger charge is -2.20. The third-order valence-corrected chi connectivity index (χ3v) is 4.62. The first-order valence-electron chi connectivity index (χ1n) is 7.40. The maximum Gasteiger partial charge on any atom is 0.311 e. The average Bonchev–Trinajstić information content (AvgIpc) is 2.46. The zero-order valence-electron chi connectivity index (χ0n) is 13.3. The number of aryl methyl sites for hydroxylation is 1. The summed E-state index contributed by atoms with van der Waals surface area (Å²) in [5, 5.41) is 0. The minimum Gasteiger partial charge on any atom is -0.465 e. The van der Waals surface area contributed by atoms with Crippen LogP contribution in [0.15, 0.2) is 29.2 Å². The highest BCUT2D eigenvalue weighted by molar-refractivity contribution is 7.85. The fourth-order valence-corrected chi connectivity index (χ4v) is 2.24. The molecule has 0 aliphatic rings. The van der Waals surface area contributed by atoms with Gasteiger partial charge in [0.2, 0.25) is 0 Å². The van der Waals surface area contributed by atoms with E-state index in [1.165, 1.54) is 12.1 Å². The molecule has 5 nitrogen and oxygen atoms in total. The minimum atomic E-state index is -4.13. The summed E-state index contributed by atoms with van der Waals surface area (Å²) in [6.07, 6.45) is 3.10. The van der Waals surface area contributed by atoms with Gasteiger partial charge >= 0.3 is 5.97 Å². The molecule has 0 unspecified atom stereocenters. The van der Waals surface area contributed by atoms with Gasteiger partial charge < -0.3 is 4.74 Å². The van der Waals surface area contributed by atoms with Crippen molar-refractivity contribution >= 4 is 16.1 Å². The number of hydrogen-bond acceptors (Lipinski definition) is 4. The number of carbonyl (C=O) groups excluding carboxylic acids is 1. The Bertz CT molecular complexity index is 587. The predicted octanol–water partition coefficient (Wildman–Crippen LogP) is 3.24. The summed E-state index contributed by atoms with van der Waals surface area (Å²) >= 11 is 0. The SMILES string of the molecule is CCC(C)(C)C(=O)OCCCCc1ccc(S(=O)(=O)O)cc1. The van der Waals surface area contributed by atoms with Crippen LogP contribution in [0.2, 0.25) is 0 Å². The van der Waals surface area contributed by atoms with Gasteiger partial charge in [-0.2, -0.15) is 8.42 Å². The summed E-state index contributed by atoms with van der Waals surface area (Å²) in [4.78, 5) is 11.7. The van der Waals surface area contributed by atoms with E-state index in [0.29, 0.717) is 6.61 Å². The molecule has 1 rings (SSSR count). The van der Waals surface area contributed by atoms with Crippen molar-refractivity contribution in [3.63, 3.8) is 0 Å². The largest absolute Gasteiger partial charge is 0.465 e. The Balaban J connectivity index is 2.32. The van der Waals surface area contributed by atoms with Gasteiger partial charge in [0.15, 0.2) is 0 Å². The minimum absolute atomic E-state index is 0.105. The van der Waals surface area contributed by atoms with Crippen molar-refractivity contribution in [2.24, 2.45) is 5.41 Å². The van der Waals surface area contributed by atoms with Crippen LogP contribution in [0.4, 0.5) is 0 Å². The predicted molar refractivity (Wildman–Crippen MR) is 84.2 cm³/mol. The molecular weight excluding hydrogens is 304 g/mol. The molecule has 22 heavy (non-hydrogen) atoms. The van der Waals surface area contributed by atoms with Gasteiger partial charge in [0.1, 0.15) is 0 Å². The standard InChI is InChI=1S/C16H24O5S/c1-4-16(2,3)15(17)21-12-6-5-7-13-8-10-14(11-9-13)22(18,19)20/h8-11H,4-7,12H2,1-3H3,(H,18,19,20). The number of ether oxygens (including phenoxy) is 1. The van der Waals surface area contributed by atoms with Gasteiger partial charge in [0.05, 0.1) is 16.9 Å². The van der Waals surface area contributed by atoms with E-state index in [-0.39, 0.29) is 10.9 Å². The lowest BCUT2D eigenvalue weighted by Crippen LogP contribution is -2.26. The fraction of sp³-hybridized carbons (Fsp3) is 0.562. The van der Waals surface area contributed by atoms with Crippen molar-refractivity contribution in [1.29, 1.82) is 0 Å². The number of rotatable bonds is 8. The first kappa shape index (κ1) is 18.6. The average molecular weight is 328 g/mol. The Morgan fingerprint density at radius 2 is 1.77 bits per heavy atom. The van der Waals surface area contributed by atoms with Crippen LogP contribution in [0.5, 0.6) is 0 Å². The summed E-state index contributed by atoms with van der Waals surface area (Å²) in [6.45, 7) is 6.08. The van der Waals surface area contributed by atoms with Crippen molar-refractivity contribution in [2.75, 3.05) is 6.61 Å². The quantitative estimate of drug-likeness (QED) is 0.450. The molecule has 1 aromatic carbocycles. The molecule has 0 amide bonds. The molecule has 0 heterocycles. The zero-order valence-corrected chi connectivity index (χ0v) is 14.1. The second-order valence-electron chi connectivity index (χ2n) is 5.95. The highest BCUT2D eigenvalue weighted by Gasteiger charge is 2.26. The number of carbonyl (C=O) groups is 1. The van der Waals surface area contributed by atoms with Crippen molar-refractivity contribution in [3.05, 3.63) is 29.8 Å². The fourth-order valence-electron chi connectivity index (χ4n) is 1.76. The van der Waals surface area contributed by atoms with Crippen molar-refractivity contribution in [3.8, 4) is 0 Å². The van der Waals surface area contributed by atoms with Crippen LogP contribution in [-0.2, 0) is 26.1 Å². The van der Waals surface area contributed by atoms with Crippen LogP contribution >= 0.6 is 0 Å². The van der Waals surface area contributed by atoms with Crippen molar-refractivity contribution in [1.82, 2.24) is 0 Å². The van der Waals surface area contributed by atoms with Gasteiger partial charge in [0.25, 0.3) is 10.1 Å². The highest BCUT2D eigenvalue weighted by Crippen LogP contribution is 2.21. The zero-order chi connectivity index (χ0) is 16.8. The first-order valence-corrected chi connectivity index (χ1v) is 8.84. The third kappa shape index (κ3) is 5.77. The summed E-state index contributed by atoms with van der Waals surface area (Å²) in [5.74, 6) is -0.174. The Morgan fingerprint density at radius 1 is 1.18 bits per heavy atom. The smallest absolute Gasteiger partial charge is 0.311 e. The highest BCUT2D eigenvalue weighted by atomic mass is 32.2. The van der Waals surface area contributed by atoms with Crippen LogP contribution in [-0.4, -0.2) is 25.5 Å². The van der Waals surface area contributed by atoms with E-state index in [4.69, 9.17) is 9.29 Å². The van der Waals surface area contributed by atoms with Crippen molar-refractivity contribution in [2.45, 2.75) is 51.3 Å². The van der Waals surface area contributed by atoms with Gasteiger partial charge in [0, 0.05) is 0 Å². The topological polar surface area (TPSA) is 80.7 Å². The van der Waals surface area contributed by atoms with E-state index in [0.717, 1.165) is 31.2 Å². The third-order valence-electron chi connectivity index (χ3n) is 3.75.